The van der Waals surface area contributed by atoms with E-state index in [0.717, 1.165) is 4.47 Å². The molecule has 3 rings (SSSR count). The van der Waals surface area contributed by atoms with E-state index in [9.17, 15) is 9.18 Å². The van der Waals surface area contributed by atoms with E-state index in [1.54, 1.807) is 24.3 Å². The van der Waals surface area contributed by atoms with E-state index < -0.39 is 0 Å². The molecule has 0 fully saturated rings. The van der Waals surface area contributed by atoms with E-state index in [2.05, 4.69) is 31.4 Å². The molecule has 104 valence electrons. The Hall–Kier alpha value is -2.34. The molecule has 2 aromatic rings. The summed E-state index contributed by atoms with van der Waals surface area (Å²) in [5.74, 6) is -0.654. The van der Waals surface area contributed by atoms with Crippen molar-refractivity contribution < 1.29 is 9.18 Å². The van der Waals surface area contributed by atoms with Crippen molar-refractivity contribution in [3.05, 3.63) is 63.9 Å². The van der Waals surface area contributed by atoms with Crippen LogP contribution in [0.5, 0.6) is 0 Å². The van der Waals surface area contributed by atoms with Crippen molar-refractivity contribution in [2.75, 3.05) is 5.32 Å². The average molecular weight is 346 g/mol. The van der Waals surface area contributed by atoms with Gasteiger partial charge >= 0.3 is 0 Å². The third-order valence-electron chi connectivity index (χ3n) is 2.91. The number of hydrogen-bond acceptors (Lipinski definition) is 3. The molecule has 4 nitrogen and oxygen atoms in total. The largest absolute Gasteiger partial charge is 0.320 e. The molecular weight excluding hydrogens is 337 g/mol. The first-order valence-electron chi connectivity index (χ1n) is 6.11. The van der Waals surface area contributed by atoms with Gasteiger partial charge < -0.3 is 5.32 Å². The summed E-state index contributed by atoms with van der Waals surface area (Å²) in [6, 6.07) is 11.4. The number of fused-ring (bicyclic) bond motifs is 1. The zero-order valence-electron chi connectivity index (χ0n) is 10.7. The molecular formula is C15H9BrFN3O. The van der Waals surface area contributed by atoms with Gasteiger partial charge in [0.05, 0.1) is 11.9 Å². The smallest absolute Gasteiger partial charge is 0.276 e. The van der Waals surface area contributed by atoms with Crippen LogP contribution in [0, 0.1) is 5.82 Å². The molecule has 0 radical (unpaired) electrons. The molecule has 1 N–H and O–H groups in total. The van der Waals surface area contributed by atoms with Gasteiger partial charge in [0.15, 0.2) is 5.71 Å². The molecule has 1 aliphatic heterocycles. The van der Waals surface area contributed by atoms with E-state index in [1.165, 1.54) is 18.3 Å². The molecule has 1 heterocycles. The number of rotatable bonds is 2. The quantitative estimate of drug-likeness (QED) is 0.658. The summed E-state index contributed by atoms with van der Waals surface area (Å²) in [7, 11) is 0. The van der Waals surface area contributed by atoms with Gasteiger partial charge in [0.1, 0.15) is 5.82 Å². The maximum Gasteiger partial charge on any atom is 0.276 e. The molecule has 0 aliphatic carbocycles. The lowest BCUT2D eigenvalue weighted by atomic mass is 10.1. The van der Waals surface area contributed by atoms with Crippen molar-refractivity contribution in [2.24, 2.45) is 10.2 Å². The summed E-state index contributed by atoms with van der Waals surface area (Å²) < 4.78 is 13.9. The van der Waals surface area contributed by atoms with Gasteiger partial charge in [-0.1, -0.05) is 28.1 Å². The van der Waals surface area contributed by atoms with Gasteiger partial charge in [-0.05, 0) is 35.9 Å². The van der Waals surface area contributed by atoms with Crippen LogP contribution in [0.15, 0.2) is 57.1 Å². The summed E-state index contributed by atoms with van der Waals surface area (Å²) in [6.45, 7) is 0. The average Bonchev–Trinajstić information content (AvgIpc) is 2.75. The van der Waals surface area contributed by atoms with Crippen LogP contribution >= 0.6 is 15.9 Å². The van der Waals surface area contributed by atoms with E-state index in [4.69, 9.17) is 0 Å². The molecule has 1 aliphatic rings. The molecule has 0 bridgehead atoms. The molecule has 0 unspecified atom stereocenters. The Morgan fingerprint density at radius 3 is 2.86 bits per heavy atom. The standard InChI is InChI=1S/C15H9BrFN3O/c16-10-4-5-13-12(7-10)14(15(21)19-13)20-18-8-9-2-1-3-11(17)6-9/h1-8H,(H,19,20,21)/b18-8+. The first kappa shape index (κ1) is 13.6. The fraction of sp³-hybridized carbons (Fsp3) is 0. The van der Waals surface area contributed by atoms with Crippen LogP contribution in [-0.2, 0) is 4.79 Å². The zero-order valence-corrected chi connectivity index (χ0v) is 12.3. The van der Waals surface area contributed by atoms with Crippen molar-refractivity contribution >= 4 is 39.5 Å². The number of anilines is 1. The van der Waals surface area contributed by atoms with Crippen LogP contribution in [-0.4, -0.2) is 17.8 Å². The first-order chi connectivity index (χ1) is 10.1. The Kier molecular flexibility index (Phi) is 3.62. The maximum atomic E-state index is 13.0. The number of amides is 1. The van der Waals surface area contributed by atoms with Crippen LogP contribution in [0.4, 0.5) is 10.1 Å². The lowest BCUT2D eigenvalue weighted by Crippen LogP contribution is -2.13. The SMILES string of the molecule is O=C1Nc2ccc(Br)cc2/C1=N/N=C/c1cccc(F)c1. The van der Waals surface area contributed by atoms with Crippen molar-refractivity contribution in [1.29, 1.82) is 0 Å². The first-order valence-corrected chi connectivity index (χ1v) is 6.90. The number of carbonyl (C=O) groups is 1. The molecule has 0 spiro atoms. The van der Waals surface area contributed by atoms with Gasteiger partial charge in [0.2, 0.25) is 0 Å². The summed E-state index contributed by atoms with van der Waals surface area (Å²) >= 11 is 3.35. The number of hydrogen-bond donors (Lipinski definition) is 1. The third kappa shape index (κ3) is 2.90. The molecule has 6 heteroatoms. The lowest BCUT2D eigenvalue weighted by Gasteiger charge is -1.96. The molecule has 0 atom stereocenters. The number of nitrogens with one attached hydrogen (secondary N) is 1. The lowest BCUT2D eigenvalue weighted by molar-refractivity contribution is -0.110. The third-order valence-corrected chi connectivity index (χ3v) is 3.41. The van der Waals surface area contributed by atoms with Crippen LogP contribution in [0.1, 0.15) is 11.1 Å². The molecule has 0 saturated carbocycles. The van der Waals surface area contributed by atoms with Crippen LogP contribution in [0.25, 0.3) is 0 Å². The van der Waals surface area contributed by atoms with Gasteiger partial charge in [-0.25, -0.2) is 4.39 Å². The Labute approximate surface area is 128 Å². The number of halogens is 2. The molecule has 2 aromatic carbocycles. The fourth-order valence-corrected chi connectivity index (χ4v) is 2.33. The van der Waals surface area contributed by atoms with Crippen molar-refractivity contribution in [3.8, 4) is 0 Å². The summed E-state index contributed by atoms with van der Waals surface area (Å²) in [6.07, 6.45) is 1.40. The Bertz CT molecular complexity index is 786. The minimum atomic E-state index is -0.348. The monoisotopic (exact) mass is 345 g/mol. The van der Waals surface area contributed by atoms with Gasteiger partial charge in [0, 0.05) is 10.0 Å². The van der Waals surface area contributed by atoms with Crippen molar-refractivity contribution in [2.45, 2.75) is 0 Å². The van der Waals surface area contributed by atoms with E-state index in [1.807, 2.05) is 6.07 Å². The number of nitrogens with zero attached hydrogens (tertiary/aromatic N) is 2. The molecule has 21 heavy (non-hydrogen) atoms. The normalized spacial score (nSPS) is 15.5. The van der Waals surface area contributed by atoms with Crippen LogP contribution in [0.3, 0.4) is 0 Å². The van der Waals surface area contributed by atoms with E-state index >= 15 is 0 Å². The van der Waals surface area contributed by atoms with Gasteiger partial charge in [0.25, 0.3) is 5.91 Å². The van der Waals surface area contributed by atoms with Crippen molar-refractivity contribution in [1.82, 2.24) is 0 Å². The Balaban J connectivity index is 1.91. The Morgan fingerprint density at radius 2 is 2.05 bits per heavy atom. The fourth-order valence-electron chi connectivity index (χ4n) is 1.96. The maximum absolute atomic E-state index is 13.0. The summed E-state index contributed by atoms with van der Waals surface area (Å²) in [5, 5.41) is 10.5. The highest BCUT2D eigenvalue weighted by Crippen LogP contribution is 2.26. The van der Waals surface area contributed by atoms with Crippen LogP contribution < -0.4 is 5.32 Å². The zero-order chi connectivity index (χ0) is 14.8. The minimum Gasteiger partial charge on any atom is -0.320 e. The van der Waals surface area contributed by atoms with Crippen molar-refractivity contribution in [3.63, 3.8) is 0 Å². The highest BCUT2D eigenvalue weighted by Gasteiger charge is 2.26. The number of benzene rings is 2. The van der Waals surface area contributed by atoms with E-state index in [-0.39, 0.29) is 17.4 Å². The second kappa shape index (κ2) is 5.57. The summed E-state index contributed by atoms with van der Waals surface area (Å²) in [5.41, 5.74) is 2.19. The van der Waals surface area contributed by atoms with E-state index in [0.29, 0.717) is 16.8 Å². The highest BCUT2D eigenvalue weighted by molar-refractivity contribution is 9.10. The topological polar surface area (TPSA) is 53.8 Å². The van der Waals surface area contributed by atoms with Gasteiger partial charge in [-0.15, -0.1) is 5.10 Å². The van der Waals surface area contributed by atoms with Crippen LogP contribution in [0.2, 0.25) is 0 Å². The van der Waals surface area contributed by atoms with Gasteiger partial charge in [-0.2, -0.15) is 5.10 Å². The molecule has 0 aromatic heterocycles. The predicted molar refractivity (Wildman–Crippen MR) is 83.3 cm³/mol. The minimum absolute atomic E-state index is 0.235. The number of carbonyl (C=O) groups excluding carboxylic acids is 1. The molecule has 1 amide bonds. The predicted octanol–water partition coefficient (Wildman–Crippen LogP) is 3.36. The highest BCUT2D eigenvalue weighted by atomic mass is 79.9. The second-order valence-corrected chi connectivity index (χ2v) is 5.31. The van der Waals surface area contributed by atoms with Gasteiger partial charge in [-0.3, -0.25) is 4.79 Å². The second-order valence-electron chi connectivity index (χ2n) is 4.39. The Morgan fingerprint density at radius 1 is 1.19 bits per heavy atom. The summed E-state index contributed by atoms with van der Waals surface area (Å²) in [4.78, 5) is 11.8. The molecule has 0 saturated heterocycles.